The van der Waals surface area contributed by atoms with Crippen LogP contribution in [0.25, 0.3) is 0 Å². The summed E-state index contributed by atoms with van der Waals surface area (Å²) in [5.41, 5.74) is 2.81. The second kappa shape index (κ2) is 6.93. The molecule has 5 nitrogen and oxygen atoms in total. The van der Waals surface area contributed by atoms with Crippen LogP contribution in [0.1, 0.15) is 27.0 Å². The van der Waals surface area contributed by atoms with Crippen LogP contribution in [-0.2, 0) is 21.3 Å². The van der Waals surface area contributed by atoms with Crippen LogP contribution in [-0.4, -0.2) is 21.5 Å². The molecule has 0 spiro atoms. The van der Waals surface area contributed by atoms with E-state index in [1.807, 2.05) is 31.2 Å². The number of ether oxygens (including phenoxy) is 1. The molecule has 2 aromatic carbocycles. The molecule has 0 aromatic heterocycles. The van der Waals surface area contributed by atoms with Crippen molar-refractivity contribution in [3.63, 3.8) is 0 Å². The summed E-state index contributed by atoms with van der Waals surface area (Å²) in [4.78, 5) is 11.7. The Bertz CT molecular complexity index is 828. The van der Waals surface area contributed by atoms with Crippen molar-refractivity contribution in [2.45, 2.75) is 25.3 Å². The lowest BCUT2D eigenvalue weighted by Gasteiger charge is -2.11. The second-order valence-electron chi connectivity index (χ2n) is 5.22. The minimum atomic E-state index is -3.71. The van der Waals surface area contributed by atoms with Crippen molar-refractivity contribution in [1.82, 2.24) is 4.72 Å². The van der Waals surface area contributed by atoms with E-state index in [0.29, 0.717) is 5.56 Å². The molecule has 0 saturated carbocycles. The summed E-state index contributed by atoms with van der Waals surface area (Å²) in [7, 11) is -2.45. The minimum Gasteiger partial charge on any atom is -0.465 e. The molecule has 0 saturated heterocycles. The molecule has 122 valence electrons. The van der Waals surface area contributed by atoms with E-state index >= 15 is 0 Å². The molecule has 0 bridgehead atoms. The van der Waals surface area contributed by atoms with Crippen molar-refractivity contribution in [2.24, 2.45) is 0 Å². The maximum Gasteiger partial charge on any atom is 0.338 e. The fourth-order valence-electron chi connectivity index (χ4n) is 2.16. The van der Waals surface area contributed by atoms with Crippen LogP contribution in [0.4, 0.5) is 0 Å². The first-order valence-electron chi connectivity index (χ1n) is 7.08. The van der Waals surface area contributed by atoms with Crippen LogP contribution < -0.4 is 4.72 Å². The maximum absolute atomic E-state index is 12.4. The van der Waals surface area contributed by atoms with E-state index in [4.69, 9.17) is 0 Å². The van der Waals surface area contributed by atoms with Crippen LogP contribution >= 0.6 is 0 Å². The van der Waals surface area contributed by atoms with Crippen molar-refractivity contribution < 1.29 is 17.9 Å². The lowest BCUT2D eigenvalue weighted by molar-refractivity contribution is 0.0599. The summed E-state index contributed by atoms with van der Waals surface area (Å²) in [6.45, 7) is 3.84. The zero-order valence-electron chi connectivity index (χ0n) is 13.3. The molecule has 1 N–H and O–H groups in total. The molecule has 0 fully saturated rings. The smallest absolute Gasteiger partial charge is 0.338 e. The van der Waals surface area contributed by atoms with Gasteiger partial charge in [0, 0.05) is 6.54 Å². The number of sulfonamides is 1. The molecule has 0 heterocycles. The highest BCUT2D eigenvalue weighted by atomic mass is 32.2. The Balaban J connectivity index is 2.26. The largest absolute Gasteiger partial charge is 0.465 e. The molecule has 23 heavy (non-hydrogen) atoms. The average Bonchev–Trinajstić information content (AvgIpc) is 2.53. The number of methoxy groups -OCH3 is 1. The summed E-state index contributed by atoms with van der Waals surface area (Å²) in [6, 6.07) is 11.9. The van der Waals surface area contributed by atoms with Gasteiger partial charge in [-0.15, -0.1) is 0 Å². The molecular formula is C17H19NO4S. The Kier molecular flexibility index (Phi) is 5.18. The number of carbonyl (C=O) groups excluding carboxylic acids is 1. The molecule has 0 aliphatic rings. The Morgan fingerprint density at radius 1 is 1.09 bits per heavy atom. The quantitative estimate of drug-likeness (QED) is 0.854. The molecule has 0 aliphatic carbocycles. The molecular weight excluding hydrogens is 314 g/mol. The van der Waals surface area contributed by atoms with E-state index in [0.717, 1.165) is 11.1 Å². The van der Waals surface area contributed by atoms with Gasteiger partial charge in [-0.2, -0.15) is 0 Å². The normalized spacial score (nSPS) is 11.3. The molecule has 0 aliphatic heterocycles. The van der Waals surface area contributed by atoms with Gasteiger partial charge in [0.2, 0.25) is 10.0 Å². The first kappa shape index (κ1) is 17.2. The number of nitrogens with one attached hydrogen (secondary N) is 1. The average molecular weight is 333 g/mol. The van der Waals surface area contributed by atoms with Gasteiger partial charge in [0.1, 0.15) is 0 Å². The van der Waals surface area contributed by atoms with E-state index in [1.165, 1.54) is 19.2 Å². The van der Waals surface area contributed by atoms with Crippen LogP contribution in [0.15, 0.2) is 47.4 Å². The highest BCUT2D eigenvalue weighted by molar-refractivity contribution is 7.89. The van der Waals surface area contributed by atoms with Gasteiger partial charge < -0.3 is 4.74 Å². The van der Waals surface area contributed by atoms with Crippen molar-refractivity contribution in [3.8, 4) is 0 Å². The molecule has 0 amide bonds. The van der Waals surface area contributed by atoms with Crippen LogP contribution in [0, 0.1) is 13.8 Å². The molecule has 2 rings (SSSR count). The second-order valence-corrected chi connectivity index (χ2v) is 6.99. The summed E-state index contributed by atoms with van der Waals surface area (Å²) in [5.74, 6) is -0.557. The molecule has 2 aromatic rings. The Labute approximate surface area is 136 Å². The molecule has 0 atom stereocenters. The zero-order chi connectivity index (χ0) is 17.0. The maximum atomic E-state index is 12.4. The van der Waals surface area contributed by atoms with Gasteiger partial charge in [0.05, 0.1) is 17.6 Å². The number of benzene rings is 2. The van der Waals surface area contributed by atoms with Gasteiger partial charge in [-0.25, -0.2) is 17.9 Å². The van der Waals surface area contributed by atoms with Crippen LogP contribution in [0.3, 0.4) is 0 Å². The number of carbonyl (C=O) groups is 1. The lowest BCUT2D eigenvalue weighted by Crippen LogP contribution is -2.24. The summed E-state index contributed by atoms with van der Waals surface area (Å²) in [5, 5.41) is 0. The SMILES string of the molecule is COC(=O)c1cc(S(=O)(=O)NCc2ccccc2C)ccc1C. The van der Waals surface area contributed by atoms with Crippen LogP contribution in [0.2, 0.25) is 0 Å². The van der Waals surface area contributed by atoms with Crippen molar-refractivity contribution in [1.29, 1.82) is 0 Å². The van der Waals surface area contributed by atoms with Gasteiger partial charge >= 0.3 is 5.97 Å². The van der Waals surface area contributed by atoms with E-state index in [1.54, 1.807) is 13.0 Å². The van der Waals surface area contributed by atoms with E-state index in [-0.39, 0.29) is 17.0 Å². The van der Waals surface area contributed by atoms with Crippen LogP contribution in [0.5, 0.6) is 0 Å². The predicted octanol–water partition coefficient (Wildman–Crippen LogP) is 2.57. The van der Waals surface area contributed by atoms with E-state index in [9.17, 15) is 13.2 Å². The summed E-state index contributed by atoms with van der Waals surface area (Å²) in [6.07, 6.45) is 0. The third-order valence-corrected chi connectivity index (χ3v) is 5.04. The van der Waals surface area contributed by atoms with Gasteiger partial charge in [0.15, 0.2) is 0 Å². The van der Waals surface area contributed by atoms with Gasteiger partial charge in [-0.1, -0.05) is 30.3 Å². The third kappa shape index (κ3) is 3.97. The topological polar surface area (TPSA) is 72.5 Å². The minimum absolute atomic E-state index is 0.0390. The number of hydrogen-bond acceptors (Lipinski definition) is 4. The fourth-order valence-corrected chi connectivity index (χ4v) is 3.20. The summed E-state index contributed by atoms with van der Waals surface area (Å²) < 4.78 is 32.1. The molecule has 0 unspecified atom stereocenters. The Morgan fingerprint density at radius 2 is 1.78 bits per heavy atom. The first-order valence-corrected chi connectivity index (χ1v) is 8.56. The van der Waals surface area contributed by atoms with Gasteiger partial charge in [-0.05, 0) is 42.7 Å². The number of esters is 1. The highest BCUT2D eigenvalue weighted by Crippen LogP contribution is 2.17. The monoisotopic (exact) mass is 333 g/mol. The Morgan fingerprint density at radius 3 is 2.43 bits per heavy atom. The number of aryl methyl sites for hydroxylation is 2. The Hall–Kier alpha value is -2.18. The first-order chi connectivity index (χ1) is 10.8. The number of hydrogen-bond donors (Lipinski definition) is 1. The number of rotatable bonds is 5. The van der Waals surface area contributed by atoms with Crippen molar-refractivity contribution in [3.05, 3.63) is 64.7 Å². The highest BCUT2D eigenvalue weighted by Gasteiger charge is 2.18. The summed E-state index contributed by atoms with van der Waals surface area (Å²) >= 11 is 0. The van der Waals surface area contributed by atoms with Gasteiger partial charge in [-0.3, -0.25) is 0 Å². The fraction of sp³-hybridized carbons (Fsp3) is 0.235. The molecule has 0 radical (unpaired) electrons. The van der Waals surface area contributed by atoms with Gasteiger partial charge in [0.25, 0.3) is 0 Å². The van der Waals surface area contributed by atoms with E-state index in [2.05, 4.69) is 9.46 Å². The van der Waals surface area contributed by atoms with Crippen molar-refractivity contribution in [2.75, 3.05) is 7.11 Å². The lowest BCUT2D eigenvalue weighted by atomic mass is 10.1. The van der Waals surface area contributed by atoms with E-state index < -0.39 is 16.0 Å². The third-order valence-electron chi connectivity index (χ3n) is 3.64. The predicted molar refractivity (Wildman–Crippen MR) is 87.7 cm³/mol. The van der Waals surface area contributed by atoms with Crippen molar-refractivity contribution >= 4 is 16.0 Å². The zero-order valence-corrected chi connectivity index (χ0v) is 14.1. The molecule has 6 heteroatoms. The standard InChI is InChI=1S/C17H19NO4S/c1-12-6-4-5-7-14(12)11-18-23(20,21)15-9-8-13(2)16(10-15)17(19)22-3/h4-10,18H,11H2,1-3H3.